The Labute approximate surface area is 131 Å². The molecule has 0 amide bonds. The van der Waals surface area contributed by atoms with Crippen molar-refractivity contribution in [3.63, 3.8) is 0 Å². The number of halogens is 1. The molecule has 1 heterocycles. The smallest absolute Gasteiger partial charge is 0.345 e. The Morgan fingerprint density at radius 2 is 1.78 bits per heavy atom. The molecule has 0 fully saturated rings. The molecule has 0 radical (unpaired) electrons. The normalized spacial score (nSPS) is 10.5. The largest absolute Gasteiger partial charge is 0.504 e. The Morgan fingerprint density at radius 1 is 1.09 bits per heavy atom. The van der Waals surface area contributed by atoms with Crippen molar-refractivity contribution in [2.45, 2.75) is 0 Å². The lowest BCUT2D eigenvalue weighted by atomic mass is 10.1. The van der Waals surface area contributed by atoms with Crippen molar-refractivity contribution in [2.24, 2.45) is 0 Å². The van der Waals surface area contributed by atoms with E-state index < -0.39 is 5.69 Å². The fourth-order valence-corrected chi connectivity index (χ4v) is 2.23. The number of hydrogen-bond donors (Lipinski definition) is 2. The zero-order chi connectivity index (χ0) is 16.4. The number of nitrogens with one attached hydrogen (secondary N) is 1. The van der Waals surface area contributed by atoms with E-state index >= 15 is 0 Å². The van der Waals surface area contributed by atoms with Gasteiger partial charge in [-0.3, -0.25) is 0 Å². The molecular weight excluding hydrogens is 299 g/mol. The molecule has 0 saturated carbocycles. The first kappa shape index (κ1) is 14.8. The number of methoxy groups -OCH3 is 1. The van der Waals surface area contributed by atoms with E-state index in [9.17, 15) is 14.3 Å². The molecule has 3 rings (SSSR count). The number of phenolic OH excluding ortho intramolecular Hbond substituents is 1. The van der Waals surface area contributed by atoms with Crippen LogP contribution >= 0.6 is 0 Å². The van der Waals surface area contributed by atoms with Gasteiger partial charge in [-0.25, -0.2) is 9.18 Å². The third-order valence-electron chi connectivity index (χ3n) is 3.38. The van der Waals surface area contributed by atoms with Gasteiger partial charge in [0.1, 0.15) is 5.82 Å². The summed E-state index contributed by atoms with van der Waals surface area (Å²) in [5.41, 5.74) is 1.71. The summed E-state index contributed by atoms with van der Waals surface area (Å²) >= 11 is 0. The van der Waals surface area contributed by atoms with Crippen molar-refractivity contribution in [3.8, 4) is 34.0 Å². The maximum absolute atomic E-state index is 13.0. The van der Waals surface area contributed by atoms with E-state index in [1.165, 1.54) is 25.3 Å². The van der Waals surface area contributed by atoms with Crippen molar-refractivity contribution in [1.82, 2.24) is 9.97 Å². The van der Waals surface area contributed by atoms with Gasteiger partial charge in [-0.15, -0.1) is 0 Å². The molecule has 0 spiro atoms. The zero-order valence-electron chi connectivity index (χ0n) is 12.2. The van der Waals surface area contributed by atoms with Gasteiger partial charge in [0.05, 0.1) is 18.5 Å². The van der Waals surface area contributed by atoms with Crippen LogP contribution in [-0.4, -0.2) is 22.2 Å². The summed E-state index contributed by atoms with van der Waals surface area (Å²) in [6, 6.07) is 12.1. The monoisotopic (exact) mass is 312 g/mol. The number of benzene rings is 2. The molecule has 116 valence electrons. The topological polar surface area (TPSA) is 75.2 Å². The highest BCUT2D eigenvalue weighted by molar-refractivity contribution is 5.69. The van der Waals surface area contributed by atoms with E-state index in [4.69, 9.17) is 4.74 Å². The van der Waals surface area contributed by atoms with Gasteiger partial charge in [0.25, 0.3) is 0 Å². The van der Waals surface area contributed by atoms with Crippen molar-refractivity contribution < 1.29 is 14.2 Å². The molecule has 0 unspecified atom stereocenters. The maximum Gasteiger partial charge on any atom is 0.345 e. The van der Waals surface area contributed by atoms with E-state index in [1.807, 2.05) is 0 Å². The number of rotatable bonds is 3. The van der Waals surface area contributed by atoms with Crippen molar-refractivity contribution >= 4 is 0 Å². The van der Waals surface area contributed by atoms with Crippen molar-refractivity contribution in [1.29, 1.82) is 0 Å². The summed E-state index contributed by atoms with van der Waals surface area (Å²) in [5, 5.41) is 9.65. The predicted octanol–water partition coefficient (Wildman–Crippen LogP) is 2.96. The molecule has 2 N–H and O–H groups in total. The SMILES string of the molecule is COc1cc(-c2cc(-c3ccc(F)cc3)nc(=O)[nH]2)ccc1O. The molecular formula is C17H13FN2O3. The molecule has 0 saturated heterocycles. The first-order valence-corrected chi connectivity index (χ1v) is 6.81. The van der Waals surface area contributed by atoms with Gasteiger partial charge in [-0.05, 0) is 48.5 Å². The number of nitrogens with zero attached hydrogens (tertiary/aromatic N) is 1. The van der Waals surface area contributed by atoms with E-state index in [0.717, 1.165) is 0 Å². The number of aromatic hydroxyl groups is 1. The predicted molar refractivity (Wildman–Crippen MR) is 83.9 cm³/mol. The third kappa shape index (κ3) is 3.06. The fraction of sp³-hybridized carbons (Fsp3) is 0.0588. The Hall–Kier alpha value is -3.15. The van der Waals surface area contributed by atoms with Crippen LogP contribution in [0.25, 0.3) is 22.5 Å². The van der Waals surface area contributed by atoms with Gasteiger partial charge in [0.15, 0.2) is 11.5 Å². The van der Waals surface area contributed by atoms with Crippen LogP contribution in [0.4, 0.5) is 4.39 Å². The average molecular weight is 312 g/mol. The van der Waals surface area contributed by atoms with Gasteiger partial charge in [-0.2, -0.15) is 4.98 Å². The third-order valence-corrected chi connectivity index (χ3v) is 3.38. The molecule has 2 aromatic carbocycles. The van der Waals surface area contributed by atoms with Crippen molar-refractivity contribution in [2.75, 3.05) is 7.11 Å². The van der Waals surface area contributed by atoms with Crippen LogP contribution in [0.3, 0.4) is 0 Å². The number of ether oxygens (including phenoxy) is 1. The van der Waals surface area contributed by atoms with Gasteiger partial charge in [0, 0.05) is 11.1 Å². The highest BCUT2D eigenvalue weighted by Gasteiger charge is 2.09. The Morgan fingerprint density at radius 3 is 2.48 bits per heavy atom. The number of hydrogen-bond acceptors (Lipinski definition) is 4. The van der Waals surface area contributed by atoms with Crippen LogP contribution in [0, 0.1) is 5.82 Å². The van der Waals surface area contributed by atoms with Gasteiger partial charge in [0.2, 0.25) is 0 Å². The summed E-state index contributed by atoms with van der Waals surface area (Å²) in [7, 11) is 1.44. The number of aromatic amines is 1. The number of H-pyrrole nitrogens is 1. The highest BCUT2D eigenvalue weighted by Crippen LogP contribution is 2.31. The maximum atomic E-state index is 13.0. The van der Waals surface area contributed by atoms with E-state index in [-0.39, 0.29) is 11.6 Å². The molecule has 5 nitrogen and oxygen atoms in total. The summed E-state index contributed by atoms with van der Waals surface area (Å²) in [5.74, 6) is -0.0583. The van der Waals surface area contributed by atoms with Gasteiger partial charge in [-0.1, -0.05) is 0 Å². The minimum Gasteiger partial charge on any atom is -0.504 e. The Bertz CT molecular complexity index is 904. The molecule has 23 heavy (non-hydrogen) atoms. The lowest BCUT2D eigenvalue weighted by molar-refractivity contribution is 0.373. The highest BCUT2D eigenvalue weighted by atomic mass is 19.1. The van der Waals surface area contributed by atoms with E-state index in [1.54, 1.807) is 30.3 Å². The number of phenols is 1. The minimum atomic E-state index is -0.520. The lowest BCUT2D eigenvalue weighted by Crippen LogP contribution is -2.12. The second-order valence-corrected chi connectivity index (χ2v) is 4.88. The first-order chi connectivity index (χ1) is 11.1. The Kier molecular flexibility index (Phi) is 3.80. The van der Waals surface area contributed by atoms with Crippen LogP contribution in [0.15, 0.2) is 53.3 Å². The standard InChI is InChI=1S/C17H13FN2O3/c1-23-16-8-11(4-7-15(16)21)14-9-13(19-17(22)20-14)10-2-5-12(18)6-3-10/h2-9,21H,1H3,(H,19,20,22). The van der Waals surface area contributed by atoms with Gasteiger partial charge >= 0.3 is 5.69 Å². The van der Waals surface area contributed by atoms with Crippen LogP contribution in [-0.2, 0) is 0 Å². The van der Waals surface area contributed by atoms with Gasteiger partial charge < -0.3 is 14.8 Å². The quantitative estimate of drug-likeness (QED) is 0.779. The summed E-state index contributed by atoms with van der Waals surface area (Å²) < 4.78 is 18.1. The van der Waals surface area contributed by atoms with Crippen LogP contribution in [0.5, 0.6) is 11.5 Å². The molecule has 6 heteroatoms. The molecule has 0 aliphatic carbocycles. The average Bonchev–Trinajstić information content (AvgIpc) is 2.55. The summed E-state index contributed by atoms with van der Waals surface area (Å²) in [4.78, 5) is 18.4. The second-order valence-electron chi connectivity index (χ2n) is 4.88. The fourth-order valence-electron chi connectivity index (χ4n) is 2.23. The Balaban J connectivity index is 2.11. The van der Waals surface area contributed by atoms with Crippen LogP contribution in [0.1, 0.15) is 0 Å². The molecule has 0 aliphatic heterocycles. The zero-order valence-corrected chi connectivity index (χ0v) is 12.2. The second kappa shape index (κ2) is 5.92. The molecule has 0 atom stereocenters. The molecule has 0 bridgehead atoms. The molecule has 3 aromatic rings. The summed E-state index contributed by atoms with van der Waals surface area (Å²) in [6.45, 7) is 0. The number of aromatic nitrogens is 2. The van der Waals surface area contributed by atoms with Crippen LogP contribution < -0.4 is 10.4 Å². The molecule has 1 aromatic heterocycles. The van der Waals surface area contributed by atoms with E-state index in [2.05, 4.69) is 9.97 Å². The minimum absolute atomic E-state index is 0.00594. The molecule has 0 aliphatic rings. The van der Waals surface area contributed by atoms with Crippen molar-refractivity contribution in [3.05, 3.63) is 64.8 Å². The lowest BCUT2D eigenvalue weighted by Gasteiger charge is -2.08. The van der Waals surface area contributed by atoms with E-state index in [0.29, 0.717) is 28.3 Å². The first-order valence-electron chi connectivity index (χ1n) is 6.81. The summed E-state index contributed by atoms with van der Waals surface area (Å²) in [6.07, 6.45) is 0. The van der Waals surface area contributed by atoms with Crippen LogP contribution in [0.2, 0.25) is 0 Å².